The zero-order valence-corrected chi connectivity index (χ0v) is 15.3. The molecule has 1 aromatic heterocycles. The van der Waals surface area contributed by atoms with Crippen LogP contribution in [0, 0.1) is 0 Å². The van der Waals surface area contributed by atoms with Crippen molar-refractivity contribution in [3.63, 3.8) is 0 Å². The molecule has 0 saturated heterocycles. The lowest BCUT2D eigenvalue weighted by molar-refractivity contribution is -0.120. The zero-order chi connectivity index (χ0) is 18.5. The van der Waals surface area contributed by atoms with E-state index in [2.05, 4.69) is 10.3 Å². The summed E-state index contributed by atoms with van der Waals surface area (Å²) in [7, 11) is 0. The van der Waals surface area contributed by atoms with Gasteiger partial charge in [-0.25, -0.2) is 4.98 Å². The number of ether oxygens (including phenoxy) is 3. The number of carbonyl (C=O) groups excluding carboxylic acids is 1. The summed E-state index contributed by atoms with van der Waals surface area (Å²) in [5.74, 6) is 2.17. The summed E-state index contributed by atoms with van der Waals surface area (Å²) in [4.78, 5) is 16.6. The summed E-state index contributed by atoms with van der Waals surface area (Å²) in [6.45, 7) is 1.07. The average Bonchev–Trinajstić information content (AvgIpc) is 3.34. The first-order valence-electron chi connectivity index (χ1n) is 8.52. The molecule has 0 unspecified atom stereocenters. The lowest BCUT2D eigenvalue weighted by Crippen LogP contribution is -2.24. The Morgan fingerprint density at radius 2 is 2.00 bits per heavy atom. The summed E-state index contributed by atoms with van der Waals surface area (Å²) in [5.41, 5.74) is 1.71. The van der Waals surface area contributed by atoms with Crippen molar-refractivity contribution in [1.82, 2.24) is 10.3 Å². The van der Waals surface area contributed by atoms with Crippen molar-refractivity contribution in [2.45, 2.75) is 19.6 Å². The van der Waals surface area contributed by atoms with Crippen LogP contribution in [-0.4, -0.2) is 17.7 Å². The van der Waals surface area contributed by atoms with Crippen molar-refractivity contribution < 1.29 is 19.0 Å². The van der Waals surface area contributed by atoms with Crippen molar-refractivity contribution in [2.75, 3.05) is 6.79 Å². The molecule has 4 rings (SSSR count). The number of nitrogens with one attached hydrogen (secondary N) is 1. The van der Waals surface area contributed by atoms with Gasteiger partial charge in [0.1, 0.15) is 17.4 Å². The number of rotatable bonds is 7. The van der Waals surface area contributed by atoms with Crippen LogP contribution in [0.1, 0.15) is 16.3 Å². The second-order valence-corrected chi connectivity index (χ2v) is 6.92. The van der Waals surface area contributed by atoms with E-state index in [1.807, 2.05) is 53.9 Å². The minimum absolute atomic E-state index is 0.0755. The Hall–Kier alpha value is -3.06. The molecule has 0 saturated carbocycles. The molecule has 0 radical (unpaired) electrons. The number of hydrogen-bond acceptors (Lipinski definition) is 6. The summed E-state index contributed by atoms with van der Waals surface area (Å²) >= 11 is 1.49. The predicted molar refractivity (Wildman–Crippen MR) is 101 cm³/mol. The van der Waals surface area contributed by atoms with Crippen molar-refractivity contribution >= 4 is 17.2 Å². The lowest BCUT2D eigenvalue weighted by Gasteiger charge is -2.05. The van der Waals surface area contributed by atoms with Gasteiger partial charge < -0.3 is 19.5 Å². The third kappa shape index (κ3) is 4.57. The standard InChI is InChI=1S/C20H18N2O4S/c23-19(21-10-14-6-7-17-18(8-14)26-13-25-17)9-15-12-27-20(22-15)11-24-16-4-2-1-3-5-16/h1-8,12H,9-11,13H2,(H,21,23). The lowest BCUT2D eigenvalue weighted by atomic mass is 10.2. The van der Waals surface area contributed by atoms with Gasteiger partial charge in [0.25, 0.3) is 0 Å². The van der Waals surface area contributed by atoms with E-state index in [-0.39, 0.29) is 19.1 Å². The first-order valence-corrected chi connectivity index (χ1v) is 9.40. The van der Waals surface area contributed by atoms with E-state index in [4.69, 9.17) is 14.2 Å². The normalized spacial score (nSPS) is 12.0. The summed E-state index contributed by atoms with van der Waals surface area (Å²) in [5, 5.41) is 5.64. The Morgan fingerprint density at radius 3 is 2.89 bits per heavy atom. The zero-order valence-electron chi connectivity index (χ0n) is 14.5. The Morgan fingerprint density at radius 1 is 1.15 bits per heavy atom. The van der Waals surface area contributed by atoms with Gasteiger partial charge in [-0.05, 0) is 29.8 Å². The molecule has 27 heavy (non-hydrogen) atoms. The van der Waals surface area contributed by atoms with Crippen molar-refractivity contribution in [3.05, 3.63) is 70.2 Å². The third-order valence-corrected chi connectivity index (χ3v) is 4.84. The number of para-hydroxylation sites is 1. The van der Waals surface area contributed by atoms with Crippen LogP contribution in [-0.2, 0) is 24.4 Å². The molecule has 0 fully saturated rings. The van der Waals surface area contributed by atoms with Crippen LogP contribution < -0.4 is 19.5 Å². The first kappa shape index (κ1) is 17.4. The third-order valence-electron chi connectivity index (χ3n) is 3.97. The molecular weight excluding hydrogens is 364 g/mol. The predicted octanol–water partition coefficient (Wildman–Crippen LogP) is 3.31. The Bertz CT molecular complexity index is 927. The Labute approximate surface area is 160 Å². The SMILES string of the molecule is O=C(Cc1csc(COc2ccccc2)n1)NCc1ccc2c(c1)OCO2. The van der Waals surface area contributed by atoms with Gasteiger partial charge in [-0.3, -0.25) is 4.79 Å². The molecule has 1 aliphatic rings. The molecule has 1 N–H and O–H groups in total. The molecule has 0 spiro atoms. The molecule has 6 nitrogen and oxygen atoms in total. The highest BCUT2D eigenvalue weighted by atomic mass is 32.1. The van der Waals surface area contributed by atoms with E-state index >= 15 is 0 Å². The van der Waals surface area contributed by atoms with Crippen molar-refractivity contribution in [1.29, 1.82) is 0 Å². The van der Waals surface area contributed by atoms with Gasteiger partial charge >= 0.3 is 0 Å². The van der Waals surface area contributed by atoms with E-state index < -0.39 is 0 Å². The first-order chi connectivity index (χ1) is 13.3. The maximum absolute atomic E-state index is 12.2. The molecule has 1 amide bonds. The van der Waals surface area contributed by atoms with E-state index in [1.165, 1.54) is 11.3 Å². The van der Waals surface area contributed by atoms with Crippen LogP contribution in [0.4, 0.5) is 0 Å². The van der Waals surface area contributed by atoms with Crippen LogP contribution in [0.2, 0.25) is 0 Å². The number of carbonyl (C=O) groups is 1. The van der Waals surface area contributed by atoms with E-state index in [0.717, 1.165) is 27.8 Å². The number of thiazole rings is 1. The second-order valence-electron chi connectivity index (χ2n) is 5.98. The number of benzene rings is 2. The summed E-state index contributed by atoms with van der Waals surface area (Å²) in [6, 6.07) is 15.2. The smallest absolute Gasteiger partial charge is 0.231 e. The summed E-state index contributed by atoms with van der Waals surface area (Å²) in [6.07, 6.45) is 0.242. The highest BCUT2D eigenvalue weighted by Gasteiger charge is 2.14. The topological polar surface area (TPSA) is 69.7 Å². The fourth-order valence-electron chi connectivity index (χ4n) is 2.64. The molecule has 2 aromatic carbocycles. The van der Waals surface area contributed by atoms with Gasteiger partial charge in [0, 0.05) is 11.9 Å². The second kappa shape index (κ2) is 8.09. The maximum atomic E-state index is 12.2. The molecular formula is C20H18N2O4S. The van der Waals surface area contributed by atoms with Crippen LogP contribution in [0.15, 0.2) is 53.9 Å². The van der Waals surface area contributed by atoms with Crippen LogP contribution >= 0.6 is 11.3 Å². The minimum Gasteiger partial charge on any atom is -0.486 e. The van der Waals surface area contributed by atoms with Gasteiger partial charge in [-0.15, -0.1) is 11.3 Å². The quantitative estimate of drug-likeness (QED) is 0.679. The fraction of sp³-hybridized carbons (Fsp3) is 0.200. The molecule has 3 aromatic rings. The maximum Gasteiger partial charge on any atom is 0.231 e. The van der Waals surface area contributed by atoms with Crippen molar-refractivity contribution in [2.24, 2.45) is 0 Å². The van der Waals surface area contributed by atoms with Crippen LogP contribution in [0.25, 0.3) is 0 Å². The molecule has 2 heterocycles. The number of nitrogens with zero attached hydrogens (tertiary/aromatic N) is 1. The fourth-order valence-corrected chi connectivity index (χ4v) is 3.34. The van der Waals surface area contributed by atoms with E-state index in [1.54, 1.807) is 0 Å². The highest BCUT2D eigenvalue weighted by Crippen LogP contribution is 2.32. The highest BCUT2D eigenvalue weighted by molar-refractivity contribution is 7.09. The molecule has 0 atom stereocenters. The number of fused-ring (bicyclic) bond motifs is 1. The molecule has 7 heteroatoms. The van der Waals surface area contributed by atoms with Gasteiger partial charge in [-0.2, -0.15) is 0 Å². The van der Waals surface area contributed by atoms with Crippen LogP contribution in [0.3, 0.4) is 0 Å². The van der Waals surface area contributed by atoms with E-state index in [0.29, 0.717) is 18.9 Å². The van der Waals surface area contributed by atoms with Crippen molar-refractivity contribution in [3.8, 4) is 17.2 Å². The van der Waals surface area contributed by atoms with Gasteiger partial charge in [-0.1, -0.05) is 24.3 Å². The largest absolute Gasteiger partial charge is 0.486 e. The van der Waals surface area contributed by atoms with Gasteiger partial charge in [0.15, 0.2) is 11.5 Å². The Balaban J connectivity index is 1.25. The van der Waals surface area contributed by atoms with Gasteiger partial charge in [0.05, 0.1) is 12.1 Å². The molecule has 1 aliphatic heterocycles. The monoisotopic (exact) mass is 382 g/mol. The molecule has 138 valence electrons. The Kier molecular flexibility index (Phi) is 5.20. The van der Waals surface area contributed by atoms with Gasteiger partial charge in [0.2, 0.25) is 12.7 Å². The number of aromatic nitrogens is 1. The van der Waals surface area contributed by atoms with Crippen LogP contribution in [0.5, 0.6) is 17.2 Å². The number of hydrogen-bond donors (Lipinski definition) is 1. The average molecular weight is 382 g/mol. The minimum atomic E-state index is -0.0755. The molecule has 0 aliphatic carbocycles. The molecule has 0 bridgehead atoms. The summed E-state index contributed by atoms with van der Waals surface area (Å²) < 4.78 is 16.3. The van der Waals surface area contributed by atoms with E-state index in [9.17, 15) is 4.79 Å². The number of amides is 1.